The van der Waals surface area contributed by atoms with Crippen LogP contribution >= 0.6 is 0 Å². The first-order valence-corrected chi connectivity index (χ1v) is 7.15. The van der Waals surface area contributed by atoms with E-state index in [1.165, 1.54) is 11.6 Å². The van der Waals surface area contributed by atoms with Gasteiger partial charge in [0.25, 0.3) is 0 Å². The molecular weight excluding hydrogens is 288 g/mol. The number of benzene rings is 2. The van der Waals surface area contributed by atoms with Crippen molar-refractivity contribution in [3.8, 4) is 23.6 Å². The normalized spacial score (nSPS) is 9.35. The summed E-state index contributed by atoms with van der Waals surface area (Å²) in [6.45, 7) is 2.92. The highest BCUT2D eigenvalue weighted by Crippen LogP contribution is 2.15. The zero-order valence-electron chi connectivity index (χ0n) is 12.8. The molecule has 0 amide bonds. The van der Waals surface area contributed by atoms with Gasteiger partial charge in [-0.25, -0.2) is 0 Å². The van der Waals surface area contributed by atoms with E-state index in [-0.39, 0.29) is 5.57 Å². The third-order valence-corrected chi connectivity index (χ3v) is 3.07. The molecule has 4 nitrogen and oxygen atoms in total. The van der Waals surface area contributed by atoms with E-state index in [4.69, 9.17) is 20.0 Å². The van der Waals surface area contributed by atoms with Gasteiger partial charge in [-0.3, -0.25) is 0 Å². The molecule has 0 fully saturated rings. The van der Waals surface area contributed by atoms with Gasteiger partial charge >= 0.3 is 0 Å². The van der Waals surface area contributed by atoms with Gasteiger partial charge in [-0.15, -0.1) is 0 Å². The first-order chi connectivity index (χ1) is 11.2. The molecule has 0 radical (unpaired) electrons. The van der Waals surface area contributed by atoms with E-state index in [9.17, 15) is 0 Å². The highest BCUT2D eigenvalue weighted by Gasteiger charge is 1.98. The van der Waals surface area contributed by atoms with E-state index in [0.717, 1.165) is 11.3 Å². The molecule has 0 unspecified atom stereocenters. The fraction of sp³-hybridized carbons (Fsp3) is 0.158. The fourth-order valence-corrected chi connectivity index (χ4v) is 1.87. The molecule has 2 aromatic rings. The molecule has 0 atom stereocenters. The zero-order valence-corrected chi connectivity index (χ0v) is 12.8. The Morgan fingerprint density at radius 1 is 0.870 bits per heavy atom. The topological polar surface area (TPSA) is 66.0 Å². The number of rotatable bonds is 6. The summed E-state index contributed by atoms with van der Waals surface area (Å²) in [6, 6.07) is 18.7. The van der Waals surface area contributed by atoms with Crippen LogP contribution in [0, 0.1) is 29.6 Å². The highest BCUT2D eigenvalue weighted by molar-refractivity contribution is 5.62. The molecule has 2 aromatic carbocycles. The van der Waals surface area contributed by atoms with Crippen LogP contribution in [0.25, 0.3) is 6.08 Å². The molecule has 23 heavy (non-hydrogen) atoms. The number of allylic oxidation sites excluding steroid dienone is 1. The molecule has 0 aliphatic rings. The molecule has 2 rings (SSSR count). The van der Waals surface area contributed by atoms with Crippen LogP contribution in [0.2, 0.25) is 0 Å². The number of hydrogen-bond acceptors (Lipinski definition) is 4. The summed E-state index contributed by atoms with van der Waals surface area (Å²) in [6.07, 6.45) is 1.53. The van der Waals surface area contributed by atoms with Crippen LogP contribution in [-0.2, 0) is 0 Å². The predicted octanol–water partition coefficient (Wildman–Crippen LogP) is 3.88. The van der Waals surface area contributed by atoms with Gasteiger partial charge < -0.3 is 9.47 Å². The second-order valence-corrected chi connectivity index (χ2v) is 4.86. The predicted molar refractivity (Wildman–Crippen MR) is 87.8 cm³/mol. The van der Waals surface area contributed by atoms with E-state index in [1.807, 2.05) is 43.3 Å². The number of hydrogen-bond donors (Lipinski definition) is 0. The van der Waals surface area contributed by atoms with Crippen molar-refractivity contribution in [3.05, 3.63) is 65.2 Å². The van der Waals surface area contributed by atoms with Crippen molar-refractivity contribution in [2.75, 3.05) is 13.2 Å². The van der Waals surface area contributed by atoms with E-state index < -0.39 is 0 Å². The molecule has 0 aliphatic carbocycles. The number of ether oxygens (including phenoxy) is 2. The van der Waals surface area contributed by atoms with Crippen molar-refractivity contribution < 1.29 is 9.47 Å². The Bertz CT molecular complexity index is 732. The van der Waals surface area contributed by atoms with Crippen LogP contribution < -0.4 is 9.47 Å². The Morgan fingerprint density at radius 3 is 1.83 bits per heavy atom. The molecule has 0 saturated heterocycles. The average Bonchev–Trinajstić information content (AvgIpc) is 2.59. The van der Waals surface area contributed by atoms with Crippen molar-refractivity contribution in [2.45, 2.75) is 6.92 Å². The van der Waals surface area contributed by atoms with E-state index in [2.05, 4.69) is 0 Å². The van der Waals surface area contributed by atoms with Crippen molar-refractivity contribution in [3.63, 3.8) is 0 Å². The smallest absolute Gasteiger partial charge is 0.130 e. The Balaban J connectivity index is 1.80. The maximum atomic E-state index is 8.71. The maximum absolute atomic E-state index is 8.71. The Labute approximate surface area is 135 Å². The van der Waals surface area contributed by atoms with Crippen LogP contribution in [-0.4, -0.2) is 13.2 Å². The molecule has 4 heteroatoms. The van der Waals surface area contributed by atoms with Crippen molar-refractivity contribution in [2.24, 2.45) is 0 Å². The molecule has 0 heterocycles. The van der Waals surface area contributed by atoms with Gasteiger partial charge in [-0.05, 0) is 42.8 Å². The number of aryl methyl sites for hydroxylation is 1. The van der Waals surface area contributed by atoms with Gasteiger partial charge in [0.2, 0.25) is 0 Å². The minimum Gasteiger partial charge on any atom is -0.490 e. The minimum atomic E-state index is 0.0742. The SMILES string of the molecule is Cc1ccc(OCCOc2ccc(C=C(C#N)C#N)cc2)cc1. The molecule has 0 aromatic heterocycles. The quantitative estimate of drug-likeness (QED) is 0.600. The summed E-state index contributed by atoms with van der Waals surface area (Å²) in [4.78, 5) is 0. The number of nitrogens with zero attached hydrogens (tertiary/aromatic N) is 2. The molecule has 114 valence electrons. The first-order valence-electron chi connectivity index (χ1n) is 7.15. The largest absolute Gasteiger partial charge is 0.490 e. The Morgan fingerprint density at radius 2 is 1.35 bits per heavy atom. The lowest BCUT2D eigenvalue weighted by molar-refractivity contribution is 0.217. The minimum absolute atomic E-state index is 0.0742. The van der Waals surface area contributed by atoms with Crippen LogP contribution in [0.4, 0.5) is 0 Å². The molecule has 0 aliphatic heterocycles. The second kappa shape index (κ2) is 8.26. The molecule has 0 spiro atoms. The summed E-state index contributed by atoms with van der Waals surface area (Å²) in [5.41, 5.74) is 2.05. The van der Waals surface area contributed by atoms with Gasteiger partial charge in [-0.1, -0.05) is 29.8 Å². The average molecular weight is 304 g/mol. The fourth-order valence-electron chi connectivity index (χ4n) is 1.87. The lowest BCUT2D eigenvalue weighted by Crippen LogP contribution is -2.08. The van der Waals surface area contributed by atoms with Gasteiger partial charge in [0.1, 0.15) is 42.4 Å². The van der Waals surface area contributed by atoms with E-state index >= 15 is 0 Å². The molecule has 0 N–H and O–H groups in total. The second-order valence-electron chi connectivity index (χ2n) is 4.86. The Kier molecular flexibility index (Phi) is 5.80. The lowest BCUT2D eigenvalue weighted by Gasteiger charge is -2.08. The van der Waals surface area contributed by atoms with E-state index in [0.29, 0.717) is 19.0 Å². The van der Waals surface area contributed by atoms with Crippen LogP contribution in [0.3, 0.4) is 0 Å². The van der Waals surface area contributed by atoms with Gasteiger partial charge in [0.05, 0.1) is 0 Å². The van der Waals surface area contributed by atoms with Gasteiger partial charge in [0.15, 0.2) is 0 Å². The number of nitriles is 2. The van der Waals surface area contributed by atoms with Crippen molar-refractivity contribution in [1.29, 1.82) is 10.5 Å². The monoisotopic (exact) mass is 304 g/mol. The van der Waals surface area contributed by atoms with Crippen LogP contribution in [0.5, 0.6) is 11.5 Å². The highest BCUT2D eigenvalue weighted by atomic mass is 16.5. The standard InChI is InChI=1S/C19H16N2O2/c1-15-2-6-18(7-3-15)22-10-11-23-19-8-4-16(5-9-19)12-17(13-20)14-21/h2-9,12H,10-11H2,1H3. The summed E-state index contributed by atoms with van der Waals surface area (Å²) in [7, 11) is 0. The van der Waals surface area contributed by atoms with Gasteiger partial charge in [0, 0.05) is 0 Å². The molecule has 0 saturated carbocycles. The third kappa shape index (κ3) is 5.22. The maximum Gasteiger partial charge on any atom is 0.130 e. The van der Waals surface area contributed by atoms with E-state index in [1.54, 1.807) is 24.3 Å². The lowest BCUT2D eigenvalue weighted by atomic mass is 10.1. The summed E-state index contributed by atoms with van der Waals surface area (Å²) >= 11 is 0. The van der Waals surface area contributed by atoms with Crippen molar-refractivity contribution >= 4 is 6.08 Å². The van der Waals surface area contributed by atoms with Crippen LogP contribution in [0.15, 0.2) is 54.1 Å². The van der Waals surface area contributed by atoms with Crippen molar-refractivity contribution in [1.82, 2.24) is 0 Å². The zero-order chi connectivity index (χ0) is 16.5. The summed E-state index contributed by atoms with van der Waals surface area (Å²) in [5.74, 6) is 1.53. The first kappa shape index (κ1) is 16.1. The molecule has 0 bridgehead atoms. The Hall–Kier alpha value is -3.24. The summed E-state index contributed by atoms with van der Waals surface area (Å²) < 4.78 is 11.2. The third-order valence-electron chi connectivity index (χ3n) is 3.07. The van der Waals surface area contributed by atoms with Crippen LogP contribution in [0.1, 0.15) is 11.1 Å². The van der Waals surface area contributed by atoms with Gasteiger partial charge in [-0.2, -0.15) is 10.5 Å². The summed E-state index contributed by atoms with van der Waals surface area (Å²) in [5, 5.41) is 17.4. The molecular formula is C19H16N2O2.